The number of likely N-dealkylation sites (N-methyl/N-ethyl adjacent to an activating group) is 1. The van der Waals surface area contributed by atoms with Crippen molar-refractivity contribution in [1.82, 2.24) is 9.88 Å². The Hall–Kier alpha value is -2.43. The number of anilines is 1. The van der Waals surface area contributed by atoms with Crippen molar-refractivity contribution in [3.05, 3.63) is 53.6 Å². The molecule has 0 bridgehead atoms. The van der Waals surface area contributed by atoms with Crippen molar-refractivity contribution in [3.8, 4) is 0 Å². The summed E-state index contributed by atoms with van der Waals surface area (Å²) >= 11 is 0.968. The zero-order valence-electron chi connectivity index (χ0n) is 16.0. The summed E-state index contributed by atoms with van der Waals surface area (Å²) < 4.78 is 52.2. The summed E-state index contributed by atoms with van der Waals surface area (Å²) in [4.78, 5) is 20.5. The average molecular weight is 440 g/mol. The van der Waals surface area contributed by atoms with Crippen LogP contribution in [0.3, 0.4) is 0 Å². The zero-order chi connectivity index (χ0) is 21.3. The molecular formula is C19H19F2N3O3S2. The first kappa shape index (κ1) is 21.3. The van der Waals surface area contributed by atoms with Crippen LogP contribution in [0.2, 0.25) is 0 Å². The lowest BCUT2D eigenvalue weighted by Crippen LogP contribution is -2.37. The highest BCUT2D eigenvalue weighted by molar-refractivity contribution is 7.90. The number of benzene rings is 2. The topological polar surface area (TPSA) is 70.6 Å². The van der Waals surface area contributed by atoms with Gasteiger partial charge in [-0.15, -0.1) is 0 Å². The summed E-state index contributed by atoms with van der Waals surface area (Å²) in [6.45, 7) is 0.646. The van der Waals surface area contributed by atoms with Gasteiger partial charge in [-0.25, -0.2) is 22.2 Å². The van der Waals surface area contributed by atoms with Crippen LogP contribution in [0.4, 0.5) is 13.9 Å². The second kappa shape index (κ2) is 8.13. The van der Waals surface area contributed by atoms with E-state index in [9.17, 15) is 22.0 Å². The van der Waals surface area contributed by atoms with Gasteiger partial charge < -0.3 is 4.90 Å². The van der Waals surface area contributed by atoms with Gasteiger partial charge in [0.25, 0.3) is 5.91 Å². The lowest BCUT2D eigenvalue weighted by atomic mass is 10.2. The molecule has 3 aromatic rings. The normalized spacial score (nSPS) is 11.9. The third-order valence-electron chi connectivity index (χ3n) is 4.17. The highest BCUT2D eigenvalue weighted by Gasteiger charge is 2.26. The molecule has 1 amide bonds. The zero-order valence-corrected chi connectivity index (χ0v) is 17.7. The minimum atomic E-state index is -3.65. The average Bonchev–Trinajstić information content (AvgIpc) is 3.04. The number of carbonyl (C=O) groups is 1. The van der Waals surface area contributed by atoms with E-state index in [0.29, 0.717) is 6.54 Å². The molecule has 0 atom stereocenters. The van der Waals surface area contributed by atoms with E-state index in [1.54, 1.807) is 6.07 Å². The van der Waals surface area contributed by atoms with Gasteiger partial charge in [-0.1, -0.05) is 23.5 Å². The van der Waals surface area contributed by atoms with Gasteiger partial charge in [-0.05, 0) is 32.3 Å². The number of halogens is 2. The predicted molar refractivity (Wildman–Crippen MR) is 109 cm³/mol. The predicted octanol–water partition coefficient (Wildman–Crippen LogP) is 3.19. The molecular weight excluding hydrogens is 420 g/mol. The molecule has 0 fully saturated rings. The fourth-order valence-corrected chi connectivity index (χ4v) is 4.67. The number of sulfone groups is 1. The Balaban J connectivity index is 2.12. The summed E-state index contributed by atoms with van der Waals surface area (Å²) in [7, 11) is -0.00707. The lowest BCUT2D eigenvalue weighted by Gasteiger charge is -2.22. The molecule has 0 aliphatic rings. The summed E-state index contributed by atoms with van der Waals surface area (Å²) in [6.07, 6.45) is 1.03. The van der Waals surface area contributed by atoms with Crippen LogP contribution in [-0.2, 0) is 9.84 Å². The molecule has 3 rings (SSSR count). The first-order valence-electron chi connectivity index (χ1n) is 8.59. The van der Waals surface area contributed by atoms with Crippen molar-refractivity contribution >= 4 is 42.4 Å². The van der Waals surface area contributed by atoms with Crippen molar-refractivity contribution in [3.63, 3.8) is 0 Å². The van der Waals surface area contributed by atoms with E-state index in [0.717, 1.165) is 29.7 Å². The second-order valence-corrected chi connectivity index (χ2v) is 9.75. The largest absolute Gasteiger partial charge is 0.308 e. The van der Waals surface area contributed by atoms with E-state index in [2.05, 4.69) is 4.98 Å². The van der Waals surface area contributed by atoms with Crippen molar-refractivity contribution in [1.29, 1.82) is 0 Å². The van der Waals surface area contributed by atoms with Crippen LogP contribution in [0.15, 0.2) is 41.3 Å². The fourth-order valence-electron chi connectivity index (χ4n) is 2.76. The summed E-state index contributed by atoms with van der Waals surface area (Å²) in [5.74, 6) is -2.13. The van der Waals surface area contributed by atoms with Gasteiger partial charge in [0, 0.05) is 25.4 Å². The number of thiazole rings is 1. The molecule has 154 valence electrons. The molecule has 1 heterocycles. The van der Waals surface area contributed by atoms with Crippen LogP contribution in [0.1, 0.15) is 10.4 Å². The minimum Gasteiger partial charge on any atom is -0.308 e. The molecule has 0 N–H and O–H groups in total. The molecule has 2 aromatic carbocycles. The Labute approximate surface area is 171 Å². The standard InChI is InChI=1S/C19H19F2N3O3S2/c1-23(2)8-9-24(18(25)13-6-4-5-7-16(13)29(3,26)27)19-22-17-14(21)10-12(20)11-15(17)28-19/h4-7,10-11H,8-9H2,1-3H3. The van der Waals surface area contributed by atoms with Crippen molar-refractivity contribution in [2.75, 3.05) is 38.3 Å². The molecule has 0 spiro atoms. The molecule has 0 saturated heterocycles. The molecule has 6 nitrogen and oxygen atoms in total. The first-order valence-corrected chi connectivity index (χ1v) is 11.3. The molecule has 0 radical (unpaired) electrons. The smallest absolute Gasteiger partial charge is 0.261 e. The Morgan fingerprint density at radius 2 is 1.83 bits per heavy atom. The molecule has 0 unspecified atom stereocenters. The SMILES string of the molecule is CN(C)CCN(C(=O)c1ccccc1S(C)(=O)=O)c1nc2c(F)cc(F)cc2s1. The summed E-state index contributed by atoms with van der Waals surface area (Å²) in [5.41, 5.74) is -0.0369. The van der Waals surface area contributed by atoms with Gasteiger partial charge in [0.15, 0.2) is 20.8 Å². The molecule has 0 aliphatic heterocycles. The number of amides is 1. The fraction of sp³-hybridized carbons (Fsp3) is 0.263. The van der Waals surface area contributed by atoms with Crippen LogP contribution in [-0.4, -0.2) is 57.6 Å². The molecule has 10 heteroatoms. The van der Waals surface area contributed by atoms with Crippen LogP contribution in [0, 0.1) is 11.6 Å². The lowest BCUT2D eigenvalue weighted by molar-refractivity contribution is 0.0982. The van der Waals surface area contributed by atoms with Gasteiger partial charge in [0.1, 0.15) is 11.3 Å². The Bertz CT molecular complexity index is 1180. The first-order chi connectivity index (χ1) is 13.6. The van der Waals surface area contributed by atoms with Gasteiger partial charge >= 0.3 is 0 Å². The maximum atomic E-state index is 14.1. The van der Waals surface area contributed by atoms with Crippen LogP contribution < -0.4 is 4.90 Å². The van der Waals surface area contributed by atoms with Gasteiger partial charge in [-0.2, -0.15) is 0 Å². The van der Waals surface area contributed by atoms with Crippen LogP contribution in [0.5, 0.6) is 0 Å². The van der Waals surface area contributed by atoms with Crippen LogP contribution >= 0.6 is 11.3 Å². The molecule has 29 heavy (non-hydrogen) atoms. The van der Waals surface area contributed by atoms with E-state index < -0.39 is 27.4 Å². The Kier molecular flexibility index (Phi) is 5.97. The molecule has 0 saturated carbocycles. The van der Waals surface area contributed by atoms with Gasteiger partial charge in [-0.3, -0.25) is 9.69 Å². The number of rotatable bonds is 6. The van der Waals surface area contributed by atoms with Gasteiger partial charge in [0.2, 0.25) is 0 Å². The van der Waals surface area contributed by atoms with E-state index in [-0.39, 0.29) is 32.4 Å². The minimum absolute atomic E-state index is 0.000310. The number of nitrogens with zero attached hydrogens (tertiary/aromatic N) is 3. The van der Waals surface area contributed by atoms with E-state index in [1.165, 1.54) is 23.1 Å². The van der Waals surface area contributed by atoms with Gasteiger partial charge in [0.05, 0.1) is 15.2 Å². The monoisotopic (exact) mass is 439 g/mol. The maximum absolute atomic E-state index is 14.1. The van der Waals surface area contributed by atoms with E-state index in [1.807, 2.05) is 19.0 Å². The molecule has 1 aromatic heterocycles. The van der Waals surface area contributed by atoms with Crippen molar-refractivity contribution in [2.24, 2.45) is 0 Å². The highest BCUT2D eigenvalue weighted by atomic mass is 32.2. The number of fused-ring (bicyclic) bond motifs is 1. The van der Waals surface area contributed by atoms with E-state index >= 15 is 0 Å². The number of carbonyl (C=O) groups excluding carboxylic acids is 1. The number of hydrogen-bond donors (Lipinski definition) is 0. The second-order valence-electron chi connectivity index (χ2n) is 6.76. The van der Waals surface area contributed by atoms with E-state index in [4.69, 9.17) is 0 Å². The van der Waals surface area contributed by atoms with Crippen LogP contribution in [0.25, 0.3) is 10.2 Å². The summed E-state index contributed by atoms with van der Waals surface area (Å²) in [6, 6.07) is 7.77. The molecule has 0 aliphatic carbocycles. The highest BCUT2D eigenvalue weighted by Crippen LogP contribution is 2.32. The maximum Gasteiger partial charge on any atom is 0.261 e. The quantitative estimate of drug-likeness (QED) is 0.590. The van der Waals surface area contributed by atoms with Crippen molar-refractivity contribution < 1.29 is 22.0 Å². The summed E-state index contributed by atoms with van der Waals surface area (Å²) in [5, 5.41) is 0.166. The number of hydrogen-bond acceptors (Lipinski definition) is 6. The third kappa shape index (κ3) is 4.60. The Morgan fingerprint density at radius 3 is 2.48 bits per heavy atom. The van der Waals surface area contributed by atoms with Crippen molar-refractivity contribution in [2.45, 2.75) is 4.90 Å². The third-order valence-corrected chi connectivity index (χ3v) is 6.35. The Morgan fingerprint density at radius 1 is 1.14 bits per heavy atom. The number of aromatic nitrogens is 1.